The first-order valence-electron chi connectivity index (χ1n) is 7.05. The molecule has 0 heterocycles. The van der Waals surface area contributed by atoms with Gasteiger partial charge in [0, 0.05) is 18.0 Å². The van der Waals surface area contributed by atoms with Crippen LogP contribution in [0.25, 0.3) is 0 Å². The molecule has 0 aromatic heterocycles. The summed E-state index contributed by atoms with van der Waals surface area (Å²) in [4.78, 5) is 12.5. The predicted molar refractivity (Wildman–Crippen MR) is 71.6 cm³/mol. The number of nitrogens with two attached hydrogens (primary N) is 1. The molecule has 1 saturated carbocycles. The Morgan fingerprint density at radius 2 is 1.94 bits per heavy atom. The molecular formula is C14H28N2O. The highest BCUT2D eigenvalue weighted by molar-refractivity contribution is 5.83. The number of carbonyl (C=O) groups is 1. The van der Waals surface area contributed by atoms with Gasteiger partial charge in [0.25, 0.3) is 0 Å². The summed E-state index contributed by atoms with van der Waals surface area (Å²) in [6.45, 7) is 7.02. The normalized spacial score (nSPS) is 20.5. The second kappa shape index (κ2) is 6.39. The number of rotatable bonds is 6. The van der Waals surface area contributed by atoms with E-state index in [2.05, 4.69) is 26.1 Å². The van der Waals surface area contributed by atoms with Gasteiger partial charge in [0.2, 0.25) is 5.91 Å². The summed E-state index contributed by atoms with van der Waals surface area (Å²) in [7, 11) is 0. The van der Waals surface area contributed by atoms with Crippen molar-refractivity contribution in [2.24, 2.45) is 17.1 Å². The number of hydrogen-bond acceptors (Lipinski definition) is 2. The zero-order valence-electron chi connectivity index (χ0n) is 11.6. The summed E-state index contributed by atoms with van der Waals surface area (Å²) in [5.41, 5.74) is 5.56. The van der Waals surface area contributed by atoms with Crippen molar-refractivity contribution in [2.75, 3.05) is 6.54 Å². The molecule has 0 spiro atoms. The van der Waals surface area contributed by atoms with Gasteiger partial charge in [-0.05, 0) is 31.6 Å². The van der Waals surface area contributed by atoms with Crippen LogP contribution in [0.1, 0.15) is 59.3 Å². The maximum absolute atomic E-state index is 12.5. The molecule has 1 fully saturated rings. The lowest BCUT2D eigenvalue weighted by Crippen LogP contribution is -2.47. The van der Waals surface area contributed by atoms with Gasteiger partial charge < -0.3 is 11.1 Å². The second-order valence-electron chi connectivity index (χ2n) is 5.90. The first-order valence-corrected chi connectivity index (χ1v) is 7.05. The Kier molecular flexibility index (Phi) is 5.44. The standard InChI is InChI=1S/C14H28N2O/c1-4-12(10-15)16-13(17)14(9-11(2)3)7-5-6-8-14/h11-12H,4-10,15H2,1-3H3,(H,16,17). The van der Waals surface area contributed by atoms with Gasteiger partial charge in [-0.15, -0.1) is 0 Å². The SMILES string of the molecule is CCC(CN)NC(=O)C1(CC(C)C)CCCC1. The molecule has 0 bridgehead atoms. The fourth-order valence-electron chi connectivity index (χ4n) is 3.02. The Morgan fingerprint density at radius 3 is 2.35 bits per heavy atom. The van der Waals surface area contributed by atoms with Crippen LogP contribution in [0.4, 0.5) is 0 Å². The molecule has 3 nitrogen and oxygen atoms in total. The minimum atomic E-state index is -0.100. The van der Waals surface area contributed by atoms with Gasteiger partial charge in [-0.1, -0.05) is 33.6 Å². The lowest BCUT2D eigenvalue weighted by molar-refractivity contribution is -0.132. The van der Waals surface area contributed by atoms with E-state index in [1.807, 2.05) is 0 Å². The first-order chi connectivity index (χ1) is 8.04. The van der Waals surface area contributed by atoms with Crippen LogP contribution in [-0.2, 0) is 4.79 Å². The maximum atomic E-state index is 12.5. The van der Waals surface area contributed by atoms with Crippen molar-refractivity contribution in [1.29, 1.82) is 0 Å². The van der Waals surface area contributed by atoms with Gasteiger partial charge in [-0.3, -0.25) is 4.79 Å². The summed E-state index contributed by atoms with van der Waals surface area (Å²) in [5, 5.41) is 3.14. The molecule has 3 heteroatoms. The summed E-state index contributed by atoms with van der Waals surface area (Å²) >= 11 is 0. The highest BCUT2D eigenvalue weighted by Crippen LogP contribution is 2.43. The Labute approximate surface area is 106 Å². The van der Waals surface area contributed by atoms with E-state index in [1.54, 1.807) is 0 Å². The van der Waals surface area contributed by atoms with Crippen molar-refractivity contribution in [3.05, 3.63) is 0 Å². The molecule has 0 saturated heterocycles. The van der Waals surface area contributed by atoms with Crippen molar-refractivity contribution in [2.45, 2.75) is 65.3 Å². The van der Waals surface area contributed by atoms with Gasteiger partial charge in [0.05, 0.1) is 0 Å². The van der Waals surface area contributed by atoms with E-state index in [4.69, 9.17) is 5.73 Å². The zero-order chi connectivity index (χ0) is 12.9. The van der Waals surface area contributed by atoms with Crippen LogP contribution in [0.5, 0.6) is 0 Å². The lowest BCUT2D eigenvalue weighted by Gasteiger charge is -2.31. The van der Waals surface area contributed by atoms with E-state index < -0.39 is 0 Å². The Balaban J connectivity index is 2.66. The molecule has 0 radical (unpaired) electrons. The average molecular weight is 240 g/mol. The van der Waals surface area contributed by atoms with Gasteiger partial charge in [0.15, 0.2) is 0 Å². The quantitative estimate of drug-likeness (QED) is 0.749. The average Bonchev–Trinajstić information content (AvgIpc) is 2.74. The molecule has 1 unspecified atom stereocenters. The van der Waals surface area contributed by atoms with Crippen LogP contribution >= 0.6 is 0 Å². The van der Waals surface area contributed by atoms with E-state index in [0.717, 1.165) is 25.7 Å². The lowest BCUT2D eigenvalue weighted by atomic mass is 9.77. The largest absolute Gasteiger partial charge is 0.352 e. The predicted octanol–water partition coefficient (Wildman–Crippen LogP) is 2.45. The highest BCUT2D eigenvalue weighted by Gasteiger charge is 2.41. The molecule has 1 atom stereocenters. The third-order valence-corrected chi connectivity index (χ3v) is 3.95. The van der Waals surface area contributed by atoms with Gasteiger partial charge >= 0.3 is 0 Å². The maximum Gasteiger partial charge on any atom is 0.226 e. The first kappa shape index (κ1) is 14.5. The van der Waals surface area contributed by atoms with Crippen molar-refractivity contribution >= 4 is 5.91 Å². The van der Waals surface area contributed by atoms with Gasteiger partial charge in [0.1, 0.15) is 0 Å². The Bertz CT molecular complexity index is 241. The number of carbonyl (C=O) groups excluding carboxylic acids is 1. The molecule has 17 heavy (non-hydrogen) atoms. The van der Waals surface area contributed by atoms with E-state index >= 15 is 0 Å². The topological polar surface area (TPSA) is 55.1 Å². The summed E-state index contributed by atoms with van der Waals surface area (Å²) in [5.74, 6) is 0.831. The summed E-state index contributed by atoms with van der Waals surface area (Å²) < 4.78 is 0. The molecule has 1 aliphatic carbocycles. The van der Waals surface area contributed by atoms with Crippen molar-refractivity contribution in [3.8, 4) is 0 Å². The van der Waals surface area contributed by atoms with E-state index in [0.29, 0.717) is 12.5 Å². The van der Waals surface area contributed by atoms with Crippen LogP contribution < -0.4 is 11.1 Å². The minimum absolute atomic E-state index is 0.100. The summed E-state index contributed by atoms with van der Waals surface area (Å²) in [6.07, 6.45) is 6.43. The Morgan fingerprint density at radius 1 is 1.35 bits per heavy atom. The van der Waals surface area contributed by atoms with Crippen LogP contribution in [0, 0.1) is 11.3 Å². The molecule has 3 N–H and O–H groups in total. The third kappa shape index (κ3) is 3.70. The molecule has 0 aromatic carbocycles. The number of amides is 1. The van der Waals surface area contributed by atoms with Crippen LogP contribution in [0.3, 0.4) is 0 Å². The second-order valence-corrected chi connectivity index (χ2v) is 5.90. The smallest absolute Gasteiger partial charge is 0.226 e. The number of hydrogen-bond donors (Lipinski definition) is 2. The monoisotopic (exact) mass is 240 g/mol. The summed E-state index contributed by atoms with van der Waals surface area (Å²) in [6, 6.07) is 0.145. The van der Waals surface area contributed by atoms with Gasteiger partial charge in [-0.25, -0.2) is 0 Å². The van der Waals surface area contributed by atoms with Crippen molar-refractivity contribution in [1.82, 2.24) is 5.32 Å². The Hall–Kier alpha value is -0.570. The molecule has 0 aromatic rings. The third-order valence-electron chi connectivity index (χ3n) is 3.95. The fourth-order valence-corrected chi connectivity index (χ4v) is 3.02. The van der Waals surface area contributed by atoms with E-state index in [-0.39, 0.29) is 17.4 Å². The van der Waals surface area contributed by atoms with Crippen LogP contribution in [-0.4, -0.2) is 18.5 Å². The molecule has 1 amide bonds. The van der Waals surface area contributed by atoms with Gasteiger partial charge in [-0.2, -0.15) is 0 Å². The van der Waals surface area contributed by atoms with Crippen molar-refractivity contribution < 1.29 is 4.79 Å². The van der Waals surface area contributed by atoms with E-state index in [9.17, 15) is 4.79 Å². The number of nitrogens with one attached hydrogen (secondary N) is 1. The van der Waals surface area contributed by atoms with Crippen molar-refractivity contribution in [3.63, 3.8) is 0 Å². The molecule has 1 rings (SSSR count). The molecule has 1 aliphatic rings. The minimum Gasteiger partial charge on any atom is -0.352 e. The van der Waals surface area contributed by atoms with Crippen LogP contribution in [0.15, 0.2) is 0 Å². The van der Waals surface area contributed by atoms with E-state index in [1.165, 1.54) is 12.8 Å². The highest BCUT2D eigenvalue weighted by atomic mass is 16.2. The van der Waals surface area contributed by atoms with Crippen LogP contribution in [0.2, 0.25) is 0 Å². The molecular weight excluding hydrogens is 212 g/mol. The fraction of sp³-hybridized carbons (Fsp3) is 0.929. The molecule has 0 aliphatic heterocycles. The zero-order valence-corrected chi connectivity index (χ0v) is 11.6. The molecule has 100 valence electrons.